The van der Waals surface area contributed by atoms with Crippen LogP contribution in [0.3, 0.4) is 0 Å². The van der Waals surface area contributed by atoms with Gasteiger partial charge in [0.25, 0.3) is 11.5 Å². The number of carbonyl (C=O) groups is 1. The SMILES string of the molecule is Cn1nnnc1NC(=O)c1nn(C)c(=O)c(C2CC3CCC2C3)c1Cl. The third kappa shape index (κ3) is 2.62. The number of nitrogens with one attached hydrogen (secondary N) is 1. The molecule has 0 radical (unpaired) electrons. The van der Waals surface area contributed by atoms with Gasteiger partial charge < -0.3 is 0 Å². The second-order valence-electron chi connectivity index (χ2n) is 6.87. The molecule has 2 fully saturated rings. The zero-order chi connectivity index (χ0) is 17.7. The quantitative estimate of drug-likeness (QED) is 0.875. The lowest BCUT2D eigenvalue weighted by molar-refractivity contribution is 0.101. The van der Waals surface area contributed by atoms with Gasteiger partial charge in [-0.2, -0.15) is 5.10 Å². The first kappa shape index (κ1) is 16.2. The minimum Gasteiger partial charge on any atom is -0.288 e. The summed E-state index contributed by atoms with van der Waals surface area (Å²) in [5, 5.41) is 17.6. The summed E-state index contributed by atoms with van der Waals surface area (Å²) in [6, 6.07) is 0. The van der Waals surface area contributed by atoms with Crippen LogP contribution in [0.1, 0.15) is 47.7 Å². The molecule has 3 unspecified atom stereocenters. The summed E-state index contributed by atoms with van der Waals surface area (Å²) in [5.74, 6) is 0.875. The average molecular weight is 364 g/mol. The van der Waals surface area contributed by atoms with Gasteiger partial charge >= 0.3 is 0 Å². The summed E-state index contributed by atoms with van der Waals surface area (Å²) < 4.78 is 2.52. The van der Waals surface area contributed by atoms with Crippen molar-refractivity contribution in [2.24, 2.45) is 25.9 Å². The van der Waals surface area contributed by atoms with Crippen LogP contribution in [0, 0.1) is 11.8 Å². The van der Waals surface area contributed by atoms with Crippen LogP contribution in [-0.4, -0.2) is 35.9 Å². The molecule has 2 heterocycles. The van der Waals surface area contributed by atoms with E-state index in [9.17, 15) is 9.59 Å². The molecule has 0 aliphatic heterocycles. The highest BCUT2D eigenvalue weighted by Gasteiger charge is 2.43. The molecule has 1 amide bonds. The van der Waals surface area contributed by atoms with Crippen molar-refractivity contribution >= 4 is 23.5 Å². The van der Waals surface area contributed by atoms with Gasteiger partial charge in [-0.25, -0.2) is 9.36 Å². The highest BCUT2D eigenvalue weighted by atomic mass is 35.5. The zero-order valence-corrected chi connectivity index (χ0v) is 14.7. The molecule has 132 valence electrons. The fraction of sp³-hybridized carbons (Fsp3) is 0.600. The average Bonchev–Trinajstić information content (AvgIpc) is 3.29. The summed E-state index contributed by atoms with van der Waals surface area (Å²) in [7, 11) is 3.14. The van der Waals surface area contributed by atoms with E-state index in [-0.39, 0.29) is 28.1 Å². The highest BCUT2D eigenvalue weighted by Crippen LogP contribution is 2.53. The van der Waals surface area contributed by atoms with Gasteiger partial charge in [0.15, 0.2) is 5.69 Å². The normalized spacial score (nSPS) is 24.7. The molecule has 2 aromatic rings. The van der Waals surface area contributed by atoms with Crippen LogP contribution in [-0.2, 0) is 14.1 Å². The fourth-order valence-corrected chi connectivity index (χ4v) is 4.54. The minimum atomic E-state index is -0.539. The monoisotopic (exact) mass is 363 g/mol. The fourth-order valence-electron chi connectivity index (χ4n) is 4.20. The van der Waals surface area contributed by atoms with Crippen molar-refractivity contribution in [3.05, 3.63) is 26.6 Å². The molecular weight excluding hydrogens is 346 g/mol. The molecule has 2 bridgehead atoms. The van der Waals surface area contributed by atoms with E-state index in [4.69, 9.17) is 11.6 Å². The summed E-state index contributed by atoms with van der Waals surface area (Å²) in [5.41, 5.74) is 0.316. The lowest BCUT2D eigenvalue weighted by atomic mass is 9.84. The Morgan fingerprint density at radius 2 is 2.04 bits per heavy atom. The maximum absolute atomic E-state index is 12.6. The summed E-state index contributed by atoms with van der Waals surface area (Å²) in [6.45, 7) is 0. The smallest absolute Gasteiger partial charge is 0.280 e. The lowest BCUT2D eigenvalue weighted by Gasteiger charge is -2.23. The first-order valence-electron chi connectivity index (χ1n) is 8.26. The van der Waals surface area contributed by atoms with Crippen molar-refractivity contribution in [2.45, 2.75) is 31.6 Å². The molecule has 0 saturated heterocycles. The molecule has 10 heteroatoms. The van der Waals surface area contributed by atoms with Gasteiger partial charge in [0, 0.05) is 19.7 Å². The molecule has 2 aliphatic rings. The Morgan fingerprint density at radius 1 is 1.24 bits per heavy atom. The summed E-state index contributed by atoms with van der Waals surface area (Å²) in [4.78, 5) is 25.2. The maximum Gasteiger partial charge on any atom is 0.280 e. The Hall–Kier alpha value is -2.29. The van der Waals surface area contributed by atoms with E-state index in [1.165, 1.54) is 22.8 Å². The van der Waals surface area contributed by atoms with Gasteiger partial charge in [0.05, 0.1) is 5.02 Å². The van der Waals surface area contributed by atoms with Crippen LogP contribution in [0.2, 0.25) is 5.02 Å². The second-order valence-corrected chi connectivity index (χ2v) is 7.24. The standard InChI is InChI=1S/C15H18ClN7O2/c1-22-14(25)10(9-6-7-3-4-8(9)5-7)11(16)12(19-22)13(24)17-15-18-20-21-23(15)2/h7-9H,3-6H2,1-2H3,(H,17,18,21,24). The van der Waals surface area contributed by atoms with Gasteiger partial charge in [-0.05, 0) is 47.4 Å². The number of anilines is 1. The number of carbonyl (C=O) groups excluding carboxylic acids is 1. The number of halogens is 1. The number of tetrazole rings is 1. The van der Waals surface area contributed by atoms with Crippen molar-refractivity contribution in [2.75, 3.05) is 5.32 Å². The molecule has 1 N–H and O–H groups in total. The predicted octanol–water partition coefficient (Wildman–Crippen LogP) is 1.11. The minimum absolute atomic E-state index is 0.0181. The third-order valence-corrected chi connectivity index (χ3v) is 5.77. The predicted molar refractivity (Wildman–Crippen MR) is 89.4 cm³/mol. The van der Waals surface area contributed by atoms with Crippen LogP contribution in [0.5, 0.6) is 0 Å². The van der Waals surface area contributed by atoms with Crippen LogP contribution in [0.15, 0.2) is 4.79 Å². The van der Waals surface area contributed by atoms with E-state index in [1.807, 2.05) is 0 Å². The van der Waals surface area contributed by atoms with Gasteiger partial charge in [-0.1, -0.05) is 23.1 Å². The first-order chi connectivity index (χ1) is 12.0. The Labute approximate surface area is 148 Å². The van der Waals surface area contributed by atoms with Crippen LogP contribution < -0.4 is 10.9 Å². The van der Waals surface area contributed by atoms with Gasteiger partial charge in [-0.3, -0.25) is 14.9 Å². The summed E-state index contributed by atoms with van der Waals surface area (Å²) in [6.07, 6.45) is 4.43. The van der Waals surface area contributed by atoms with Crippen molar-refractivity contribution in [1.82, 2.24) is 30.0 Å². The number of nitrogens with zero attached hydrogens (tertiary/aromatic N) is 6. The molecule has 0 spiro atoms. The highest BCUT2D eigenvalue weighted by molar-refractivity contribution is 6.34. The van der Waals surface area contributed by atoms with Crippen molar-refractivity contribution in [1.29, 1.82) is 0 Å². The topological polar surface area (TPSA) is 108 Å². The van der Waals surface area contributed by atoms with E-state index >= 15 is 0 Å². The maximum atomic E-state index is 12.6. The molecule has 4 rings (SSSR count). The van der Waals surface area contributed by atoms with Crippen molar-refractivity contribution in [3.8, 4) is 0 Å². The molecular formula is C15H18ClN7O2. The van der Waals surface area contributed by atoms with Gasteiger partial charge in [0.2, 0.25) is 5.95 Å². The van der Waals surface area contributed by atoms with Crippen molar-refractivity contribution < 1.29 is 4.79 Å². The van der Waals surface area contributed by atoms with E-state index in [0.717, 1.165) is 19.3 Å². The third-order valence-electron chi connectivity index (χ3n) is 5.39. The Balaban J connectivity index is 1.73. The largest absolute Gasteiger partial charge is 0.288 e. The second kappa shape index (κ2) is 5.91. The molecule has 9 nitrogen and oxygen atoms in total. The molecule has 2 aromatic heterocycles. The van der Waals surface area contributed by atoms with Crippen LogP contribution in [0.4, 0.5) is 5.95 Å². The molecule has 2 saturated carbocycles. The molecule has 25 heavy (non-hydrogen) atoms. The summed E-state index contributed by atoms with van der Waals surface area (Å²) >= 11 is 6.48. The van der Waals surface area contributed by atoms with E-state index < -0.39 is 5.91 Å². The lowest BCUT2D eigenvalue weighted by Crippen LogP contribution is -2.31. The molecule has 3 atom stereocenters. The Morgan fingerprint density at radius 3 is 2.64 bits per heavy atom. The number of fused-ring (bicyclic) bond motifs is 2. The Kier molecular flexibility index (Phi) is 3.82. The van der Waals surface area contributed by atoms with Gasteiger partial charge in [0.1, 0.15) is 0 Å². The zero-order valence-electron chi connectivity index (χ0n) is 13.9. The molecule has 0 aromatic carbocycles. The number of rotatable bonds is 3. The number of aryl methyl sites for hydroxylation is 2. The Bertz CT molecular complexity index is 906. The van der Waals surface area contributed by atoms with E-state index in [1.54, 1.807) is 7.05 Å². The van der Waals surface area contributed by atoms with E-state index in [0.29, 0.717) is 17.4 Å². The number of hydrogen-bond acceptors (Lipinski definition) is 6. The van der Waals surface area contributed by atoms with Crippen LogP contribution in [0.25, 0.3) is 0 Å². The number of aromatic nitrogens is 6. The first-order valence-corrected chi connectivity index (χ1v) is 8.64. The van der Waals surface area contributed by atoms with Crippen molar-refractivity contribution in [3.63, 3.8) is 0 Å². The number of amides is 1. The number of hydrogen-bond donors (Lipinski definition) is 1. The van der Waals surface area contributed by atoms with Crippen LogP contribution >= 0.6 is 11.6 Å². The van der Waals surface area contributed by atoms with E-state index in [2.05, 4.69) is 25.9 Å². The molecule has 2 aliphatic carbocycles. The van der Waals surface area contributed by atoms with Gasteiger partial charge in [-0.15, -0.1) is 0 Å².